The third-order valence-electron chi connectivity index (χ3n) is 5.44. The zero-order valence-electron chi connectivity index (χ0n) is 13.3. The predicted molar refractivity (Wildman–Crippen MR) is 78.7 cm³/mol. The van der Waals surface area contributed by atoms with Gasteiger partial charge in [-0.15, -0.1) is 0 Å². The Hall–Kier alpha value is 0.0969. The van der Waals surface area contributed by atoms with Gasteiger partial charge in [-0.25, -0.2) is 0 Å². The second kappa shape index (κ2) is 5.61. The Labute approximate surface area is 114 Å². The molecule has 0 N–H and O–H groups in total. The van der Waals surface area contributed by atoms with Crippen molar-refractivity contribution in [1.82, 2.24) is 4.57 Å². The second-order valence-electron chi connectivity index (χ2n) is 6.55. The van der Waals surface area contributed by atoms with Crippen LogP contribution in [0.25, 0.3) is 0 Å². The molecule has 0 aliphatic carbocycles. The number of rotatable bonds is 6. The summed E-state index contributed by atoms with van der Waals surface area (Å²) in [7, 11) is 1.31. The van der Waals surface area contributed by atoms with Gasteiger partial charge in [-0.2, -0.15) is 0 Å². The number of hydrogen-bond donors (Lipinski definition) is 0. The first-order chi connectivity index (χ1) is 8.29. The maximum atomic E-state index is 6.07. The van der Waals surface area contributed by atoms with E-state index in [0.29, 0.717) is 0 Å². The average Bonchev–Trinajstić information content (AvgIpc) is 2.85. The van der Waals surface area contributed by atoms with Gasteiger partial charge >= 0.3 is 8.72 Å². The zero-order valence-corrected chi connectivity index (χ0v) is 14.3. The maximum absolute atomic E-state index is 6.07. The van der Waals surface area contributed by atoms with E-state index in [-0.39, 0.29) is 10.5 Å². The summed E-state index contributed by atoms with van der Waals surface area (Å²) in [6.07, 6.45) is 3.67. The Morgan fingerprint density at radius 3 is 1.78 bits per heavy atom. The van der Waals surface area contributed by atoms with Crippen molar-refractivity contribution < 1.29 is 8.85 Å². The molecule has 1 heterocycles. The molecule has 0 aromatic carbocycles. The van der Waals surface area contributed by atoms with E-state index in [1.807, 2.05) is 14.2 Å². The molecule has 1 aliphatic heterocycles. The van der Waals surface area contributed by atoms with Gasteiger partial charge in [0.25, 0.3) is 0 Å². The monoisotopic (exact) mass is 273 g/mol. The van der Waals surface area contributed by atoms with Gasteiger partial charge in [0, 0.05) is 19.3 Å². The molecule has 0 atom stereocenters. The Bertz CT molecular complexity index is 269. The molecular weight excluding hydrogens is 242 g/mol. The van der Waals surface area contributed by atoms with Crippen molar-refractivity contribution >= 4 is 8.72 Å². The minimum Gasteiger partial charge on any atom is -0.386 e. The molecule has 0 amide bonds. The largest absolute Gasteiger partial charge is 0.433 e. The summed E-state index contributed by atoms with van der Waals surface area (Å²) in [5.41, 5.74) is 0.202. The predicted octanol–water partition coefficient (Wildman–Crippen LogP) is 3.53. The maximum Gasteiger partial charge on any atom is 0.433 e. The summed E-state index contributed by atoms with van der Waals surface area (Å²) in [6.45, 7) is 13.8. The zero-order chi connectivity index (χ0) is 14.0. The minimum atomic E-state index is -2.36. The molecule has 108 valence electrons. The molecular formula is C14H31NO2Si. The SMILES string of the molecule is CCC(C)(C)C(C)(C)[Si](OC)(OC)N1CCCC1. The lowest BCUT2D eigenvalue weighted by Crippen LogP contribution is -2.66. The first kappa shape index (κ1) is 16.2. The highest BCUT2D eigenvalue weighted by Gasteiger charge is 2.62. The first-order valence-electron chi connectivity index (χ1n) is 7.14. The topological polar surface area (TPSA) is 21.7 Å². The summed E-state index contributed by atoms with van der Waals surface area (Å²) >= 11 is 0. The van der Waals surface area contributed by atoms with Crippen molar-refractivity contribution in [3.8, 4) is 0 Å². The molecule has 1 fully saturated rings. The third-order valence-corrected chi connectivity index (χ3v) is 10.1. The lowest BCUT2D eigenvalue weighted by molar-refractivity contribution is 0.0958. The fourth-order valence-electron chi connectivity index (χ4n) is 3.13. The second-order valence-corrected chi connectivity index (χ2v) is 10.4. The van der Waals surface area contributed by atoms with Crippen molar-refractivity contribution in [2.24, 2.45) is 5.41 Å². The molecule has 0 aromatic heterocycles. The van der Waals surface area contributed by atoms with E-state index in [2.05, 4.69) is 39.2 Å². The van der Waals surface area contributed by atoms with Crippen LogP contribution in [0.2, 0.25) is 5.04 Å². The molecule has 4 heteroatoms. The summed E-state index contributed by atoms with van der Waals surface area (Å²) in [5.74, 6) is 0. The van der Waals surface area contributed by atoms with E-state index >= 15 is 0 Å². The highest BCUT2D eigenvalue weighted by molar-refractivity contribution is 6.68. The summed E-state index contributed by atoms with van der Waals surface area (Å²) < 4.78 is 14.6. The van der Waals surface area contributed by atoms with Gasteiger partial charge in [0.15, 0.2) is 0 Å². The Morgan fingerprint density at radius 1 is 1.00 bits per heavy atom. The van der Waals surface area contributed by atoms with E-state index < -0.39 is 8.72 Å². The van der Waals surface area contributed by atoms with Crippen LogP contribution in [-0.4, -0.2) is 40.6 Å². The van der Waals surface area contributed by atoms with Gasteiger partial charge in [-0.05, 0) is 31.3 Å². The molecule has 1 rings (SSSR count). The van der Waals surface area contributed by atoms with Gasteiger partial charge in [-0.3, -0.25) is 4.57 Å². The van der Waals surface area contributed by atoms with Gasteiger partial charge in [0.1, 0.15) is 0 Å². The molecule has 0 unspecified atom stereocenters. The van der Waals surface area contributed by atoms with Crippen LogP contribution < -0.4 is 0 Å². The average molecular weight is 273 g/mol. The molecule has 3 nitrogen and oxygen atoms in total. The van der Waals surface area contributed by atoms with Crippen molar-refractivity contribution in [3.63, 3.8) is 0 Å². The van der Waals surface area contributed by atoms with Crippen LogP contribution in [0.3, 0.4) is 0 Å². The molecule has 18 heavy (non-hydrogen) atoms. The molecule has 0 spiro atoms. The van der Waals surface area contributed by atoms with Crippen LogP contribution in [-0.2, 0) is 8.85 Å². The Kier molecular flexibility index (Phi) is 5.04. The van der Waals surface area contributed by atoms with Crippen LogP contribution in [0.5, 0.6) is 0 Å². The summed E-state index contributed by atoms with van der Waals surface area (Å²) in [4.78, 5) is 0. The van der Waals surface area contributed by atoms with E-state index in [1.54, 1.807) is 0 Å². The summed E-state index contributed by atoms with van der Waals surface area (Å²) in [6, 6.07) is 0. The standard InChI is InChI=1S/C14H31NO2Si/c1-8-13(2,3)14(4,5)18(16-6,17-7)15-11-9-10-12-15/h8-12H2,1-7H3. The quantitative estimate of drug-likeness (QED) is 0.691. The van der Waals surface area contributed by atoms with E-state index in [4.69, 9.17) is 8.85 Å². The van der Waals surface area contributed by atoms with Crippen molar-refractivity contribution in [2.45, 2.75) is 58.9 Å². The van der Waals surface area contributed by atoms with Crippen molar-refractivity contribution in [1.29, 1.82) is 0 Å². The fourth-order valence-corrected chi connectivity index (χ4v) is 7.56. The van der Waals surface area contributed by atoms with Gasteiger partial charge in [0.2, 0.25) is 0 Å². The van der Waals surface area contributed by atoms with Crippen LogP contribution in [0.1, 0.15) is 53.9 Å². The smallest absolute Gasteiger partial charge is 0.386 e. The lowest BCUT2D eigenvalue weighted by atomic mass is 9.78. The lowest BCUT2D eigenvalue weighted by Gasteiger charge is -2.53. The van der Waals surface area contributed by atoms with Crippen LogP contribution in [0.15, 0.2) is 0 Å². The van der Waals surface area contributed by atoms with E-state index in [1.165, 1.54) is 12.8 Å². The number of nitrogens with zero attached hydrogens (tertiary/aromatic N) is 1. The molecule has 0 aromatic rings. The van der Waals surface area contributed by atoms with Gasteiger partial charge in [0.05, 0.1) is 0 Å². The normalized spacial score (nSPS) is 19.5. The molecule has 0 bridgehead atoms. The number of hydrogen-bond acceptors (Lipinski definition) is 3. The van der Waals surface area contributed by atoms with Crippen LogP contribution in [0.4, 0.5) is 0 Å². The molecule has 1 aliphatic rings. The summed E-state index contributed by atoms with van der Waals surface area (Å²) in [5, 5.41) is 0.0442. The first-order valence-corrected chi connectivity index (χ1v) is 8.91. The molecule has 0 radical (unpaired) electrons. The van der Waals surface area contributed by atoms with Gasteiger partial charge in [-0.1, -0.05) is 41.0 Å². The molecule has 0 saturated carbocycles. The Balaban J connectivity index is 3.17. The third kappa shape index (κ3) is 2.28. The van der Waals surface area contributed by atoms with Crippen LogP contribution >= 0.6 is 0 Å². The minimum absolute atomic E-state index is 0.0442. The van der Waals surface area contributed by atoms with Crippen molar-refractivity contribution in [2.75, 3.05) is 27.3 Å². The van der Waals surface area contributed by atoms with E-state index in [9.17, 15) is 0 Å². The highest BCUT2D eigenvalue weighted by atomic mass is 28.4. The molecule has 1 saturated heterocycles. The van der Waals surface area contributed by atoms with Crippen LogP contribution in [0, 0.1) is 5.41 Å². The highest BCUT2D eigenvalue weighted by Crippen LogP contribution is 2.55. The van der Waals surface area contributed by atoms with E-state index in [0.717, 1.165) is 19.5 Å². The fraction of sp³-hybridized carbons (Fsp3) is 1.00. The van der Waals surface area contributed by atoms with Crippen molar-refractivity contribution in [3.05, 3.63) is 0 Å². The van der Waals surface area contributed by atoms with Gasteiger partial charge < -0.3 is 8.85 Å². The Morgan fingerprint density at radius 2 is 1.44 bits per heavy atom.